The summed E-state index contributed by atoms with van der Waals surface area (Å²) >= 11 is 0. The van der Waals surface area contributed by atoms with Crippen LogP contribution in [0.2, 0.25) is 0 Å². The fourth-order valence-corrected chi connectivity index (χ4v) is 3.66. The van der Waals surface area contributed by atoms with Gasteiger partial charge in [-0.15, -0.1) is 0 Å². The first-order valence-corrected chi connectivity index (χ1v) is 9.18. The van der Waals surface area contributed by atoms with Gasteiger partial charge in [0.05, 0.1) is 5.69 Å². The predicted octanol–water partition coefficient (Wildman–Crippen LogP) is 4.57. The molecule has 0 saturated carbocycles. The number of rotatable bonds is 4. The van der Waals surface area contributed by atoms with Gasteiger partial charge in [0.2, 0.25) is 0 Å². The largest absolute Gasteiger partial charge is 0.489 e. The second-order valence-corrected chi connectivity index (χ2v) is 7.77. The molecule has 0 unspecified atom stereocenters. The van der Waals surface area contributed by atoms with Gasteiger partial charge < -0.3 is 15.2 Å². The minimum absolute atomic E-state index is 0.214. The number of nitrogen functional groups attached to an aromatic ring is 1. The first-order valence-electron chi connectivity index (χ1n) is 9.18. The van der Waals surface area contributed by atoms with Crippen LogP contribution in [-0.4, -0.2) is 15.8 Å². The Morgan fingerprint density at radius 1 is 1.15 bits per heavy atom. The van der Waals surface area contributed by atoms with E-state index in [4.69, 9.17) is 15.2 Å². The summed E-state index contributed by atoms with van der Waals surface area (Å²) in [5.74, 6) is 1.78. The van der Waals surface area contributed by atoms with Crippen LogP contribution in [0.25, 0.3) is 11.3 Å². The monoisotopic (exact) mass is 363 g/mol. The van der Waals surface area contributed by atoms with Crippen molar-refractivity contribution in [3.8, 4) is 22.8 Å². The summed E-state index contributed by atoms with van der Waals surface area (Å²) in [5, 5.41) is 6.95. The van der Waals surface area contributed by atoms with Gasteiger partial charge in [0, 0.05) is 29.4 Å². The third-order valence-corrected chi connectivity index (χ3v) is 5.30. The Hall–Kier alpha value is -2.95. The Kier molecular flexibility index (Phi) is 4.10. The normalized spacial score (nSPS) is 14.7. The average Bonchev–Trinajstić information content (AvgIpc) is 3.28. The fraction of sp³-hybridized carbons (Fsp3) is 0.318. The Morgan fingerprint density at radius 2 is 1.89 bits per heavy atom. The van der Waals surface area contributed by atoms with Crippen molar-refractivity contribution in [3.63, 3.8) is 0 Å². The van der Waals surface area contributed by atoms with E-state index >= 15 is 0 Å². The molecule has 2 aromatic carbocycles. The van der Waals surface area contributed by atoms with Crippen LogP contribution in [0.15, 0.2) is 36.5 Å². The van der Waals surface area contributed by atoms with Gasteiger partial charge >= 0.3 is 0 Å². The lowest BCUT2D eigenvalue weighted by molar-refractivity contribution is 0.137. The first kappa shape index (κ1) is 17.5. The van der Waals surface area contributed by atoms with Crippen LogP contribution in [0.4, 0.5) is 5.69 Å². The lowest BCUT2D eigenvalue weighted by atomic mass is 9.92. The van der Waals surface area contributed by atoms with Gasteiger partial charge in [0.15, 0.2) is 0 Å². The van der Waals surface area contributed by atoms with Crippen LogP contribution < -0.4 is 15.2 Å². The Balaban J connectivity index is 1.59. The third-order valence-electron chi connectivity index (χ3n) is 5.30. The molecule has 27 heavy (non-hydrogen) atoms. The highest BCUT2D eigenvalue weighted by atomic mass is 16.5. The number of benzene rings is 2. The fourth-order valence-electron chi connectivity index (χ4n) is 3.66. The maximum Gasteiger partial charge on any atom is 0.127 e. The van der Waals surface area contributed by atoms with Crippen molar-refractivity contribution in [2.24, 2.45) is 0 Å². The molecule has 0 bridgehead atoms. The zero-order valence-electron chi connectivity index (χ0n) is 16.2. The summed E-state index contributed by atoms with van der Waals surface area (Å²) in [7, 11) is 0. The van der Waals surface area contributed by atoms with E-state index in [0.29, 0.717) is 6.61 Å². The van der Waals surface area contributed by atoms with Gasteiger partial charge in [-0.05, 0) is 74.7 Å². The van der Waals surface area contributed by atoms with E-state index in [1.54, 1.807) is 6.20 Å². The second kappa shape index (κ2) is 6.34. The molecule has 4 rings (SSSR count). The molecule has 0 fully saturated rings. The van der Waals surface area contributed by atoms with Crippen LogP contribution in [0.3, 0.4) is 0 Å². The zero-order valence-corrected chi connectivity index (χ0v) is 16.2. The number of H-pyrrole nitrogens is 1. The van der Waals surface area contributed by atoms with Crippen molar-refractivity contribution in [1.29, 1.82) is 0 Å². The van der Waals surface area contributed by atoms with Gasteiger partial charge in [0.1, 0.15) is 23.7 Å². The number of nitrogens with one attached hydrogen (secondary N) is 1. The van der Waals surface area contributed by atoms with E-state index in [1.165, 1.54) is 5.56 Å². The number of nitrogens with two attached hydrogens (primary N) is 1. The van der Waals surface area contributed by atoms with Gasteiger partial charge in [-0.25, -0.2) is 0 Å². The number of nitrogens with zero attached hydrogens (tertiary/aromatic N) is 1. The molecule has 0 spiro atoms. The molecule has 0 aliphatic carbocycles. The van der Waals surface area contributed by atoms with E-state index < -0.39 is 0 Å². The molecule has 1 aliphatic rings. The van der Waals surface area contributed by atoms with Crippen molar-refractivity contribution in [2.75, 3.05) is 5.73 Å². The van der Waals surface area contributed by atoms with Crippen LogP contribution in [0.1, 0.15) is 36.1 Å². The summed E-state index contributed by atoms with van der Waals surface area (Å²) in [6, 6.07) is 9.91. The van der Waals surface area contributed by atoms with Crippen molar-refractivity contribution in [3.05, 3.63) is 58.8 Å². The smallest absolute Gasteiger partial charge is 0.127 e. The first-order chi connectivity index (χ1) is 12.9. The lowest BCUT2D eigenvalue weighted by Gasteiger charge is -2.18. The molecule has 5 nitrogen and oxygen atoms in total. The molecular formula is C22H25N3O2. The Bertz CT molecular complexity index is 974. The SMILES string of the molecule is Cc1c(C)c2c(c(COc3ccc(-c4ccn[nH]4)cc3)c1N)CC(C)(C)O2. The van der Waals surface area contributed by atoms with Crippen LogP contribution in [-0.2, 0) is 13.0 Å². The third kappa shape index (κ3) is 3.14. The van der Waals surface area contributed by atoms with Gasteiger partial charge in [0.25, 0.3) is 0 Å². The molecule has 1 aromatic heterocycles. The molecule has 0 saturated heterocycles. The van der Waals surface area contributed by atoms with Gasteiger partial charge in [-0.1, -0.05) is 0 Å². The number of aromatic nitrogens is 2. The number of aromatic amines is 1. The topological polar surface area (TPSA) is 73.2 Å². The highest BCUT2D eigenvalue weighted by Crippen LogP contribution is 2.44. The summed E-state index contributed by atoms with van der Waals surface area (Å²) in [6.07, 6.45) is 2.58. The molecule has 0 atom stereocenters. The van der Waals surface area contributed by atoms with Crippen molar-refractivity contribution >= 4 is 5.69 Å². The second-order valence-electron chi connectivity index (χ2n) is 7.77. The average molecular weight is 363 g/mol. The van der Waals surface area contributed by atoms with Crippen molar-refractivity contribution in [1.82, 2.24) is 10.2 Å². The van der Waals surface area contributed by atoms with Crippen molar-refractivity contribution in [2.45, 2.75) is 46.3 Å². The molecule has 1 aliphatic heterocycles. The number of ether oxygens (including phenoxy) is 2. The summed E-state index contributed by atoms with van der Waals surface area (Å²) < 4.78 is 12.3. The zero-order chi connectivity index (χ0) is 19.2. The molecule has 0 amide bonds. The summed E-state index contributed by atoms with van der Waals surface area (Å²) in [4.78, 5) is 0. The molecule has 3 N–H and O–H groups in total. The molecule has 3 aromatic rings. The van der Waals surface area contributed by atoms with Crippen LogP contribution in [0.5, 0.6) is 11.5 Å². The Labute approximate surface area is 159 Å². The summed E-state index contributed by atoms with van der Waals surface area (Å²) in [5.41, 5.74) is 13.5. The van der Waals surface area contributed by atoms with E-state index in [2.05, 4.69) is 31.0 Å². The van der Waals surface area contributed by atoms with Crippen molar-refractivity contribution < 1.29 is 9.47 Å². The number of anilines is 1. The minimum atomic E-state index is -0.214. The maximum absolute atomic E-state index is 6.45. The maximum atomic E-state index is 6.45. The van der Waals surface area contributed by atoms with Gasteiger partial charge in [-0.2, -0.15) is 5.10 Å². The molecule has 2 heterocycles. The van der Waals surface area contributed by atoms with Crippen LogP contribution >= 0.6 is 0 Å². The summed E-state index contributed by atoms with van der Waals surface area (Å²) in [6.45, 7) is 8.76. The molecule has 0 radical (unpaired) electrons. The quantitative estimate of drug-likeness (QED) is 0.666. The standard InChI is InChI=1S/C22H25N3O2/c1-13-14(2)21-17(11-22(3,4)27-21)18(20(13)23)12-26-16-7-5-15(6-8-16)19-9-10-24-25-19/h5-10H,11-12,23H2,1-4H3,(H,24,25). The Morgan fingerprint density at radius 3 is 2.56 bits per heavy atom. The highest BCUT2D eigenvalue weighted by molar-refractivity contribution is 5.67. The van der Waals surface area contributed by atoms with E-state index in [-0.39, 0.29) is 5.60 Å². The predicted molar refractivity (Wildman–Crippen MR) is 107 cm³/mol. The molecular weight excluding hydrogens is 338 g/mol. The van der Waals surface area contributed by atoms with Crippen LogP contribution in [0, 0.1) is 13.8 Å². The molecule has 5 heteroatoms. The minimum Gasteiger partial charge on any atom is -0.489 e. The number of hydrogen-bond donors (Lipinski definition) is 2. The van der Waals surface area contributed by atoms with Gasteiger partial charge in [-0.3, -0.25) is 5.10 Å². The molecule has 140 valence electrons. The van der Waals surface area contributed by atoms with E-state index in [9.17, 15) is 0 Å². The lowest BCUT2D eigenvalue weighted by Crippen LogP contribution is -2.25. The van der Waals surface area contributed by atoms with E-state index in [0.717, 1.165) is 51.6 Å². The number of fused-ring (bicyclic) bond motifs is 1. The van der Waals surface area contributed by atoms with E-state index in [1.807, 2.05) is 37.3 Å². The highest BCUT2D eigenvalue weighted by Gasteiger charge is 2.35. The number of hydrogen-bond acceptors (Lipinski definition) is 4.